The molecule has 0 aliphatic rings. The van der Waals surface area contributed by atoms with Crippen molar-refractivity contribution < 1.29 is 17.6 Å². The van der Waals surface area contributed by atoms with Crippen molar-refractivity contribution in [3.63, 3.8) is 0 Å². The van der Waals surface area contributed by atoms with E-state index in [1.54, 1.807) is 13.1 Å². The van der Waals surface area contributed by atoms with E-state index in [0.29, 0.717) is 6.54 Å². The van der Waals surface area contributed by atoms with Crippen molar-refractivity contribution in [1.82, 2.24) is 4.90 Å². The number of hydrogen-bond acceptors (Lipinski definition) is 3. The van der Waals surface area contributed by atoms with E-state index in [4.69, 9.17) is 0 Å². The van der Waals surface area contributed by atoms with Crippen LogP contribution in [0.5, 0.6) is 0 Å². The number of rotatable bonds is 6. The highest BCUT2D eigenvalue weighted by molar-refractivity contribution is 7.92. The average molecular weight is 449 g/mol. The topological polar surface area (TPSA) is 66.5 Å². The first-order valence-electron chi connectivity index (χ1n) is 9.95. The third-order valence-corrected chi connectivity index (χ3v) is 6.51. The lowest BCUT2D eigenvalue weighted by atomic mass is 10.0. The quantitative estimate of drug-likeness (QED) is 0.449. The Hall–Kier alpha value is -3.71. The minimum Gasteiger partial charge on any atom is -0.337 e. The van der Waals surface area contributed by atoms with Gasteiger partial charge >= 0.3 is 0 Å². The lowest BCUT2D eigenvalue weighted by molar-refractivity contribution is 0.0785. The number of nitrogens with one attached hydrogen (secondary N) is 1. The molecule has 0 spiro atoms. The third-order valence-electron chi connectivity index (χ3n) is 5.14. The van der Waals surface area contributed by atoms with Gasteiger partial charge in [0.15, 0.2) is 0 Å². The van der Waals surface area contributed by atoms with Gasteiger partial charge in [0.25, 0.3) is 15.9 Å². The van der Waals surface area contributed by atoms with Crippen molar-refractivity contribution in [3.05, 3.63) is 108 Å². The van der Waals surface area contributed by atoms with Crippen LogP contribution in [-0.4, -0.2) is 26.3 Å². The standard InChI is InChI=1S/C25H21FN2O3S/c1-28(17-20-11-6-9-18-8-2-3-13-22(18)20)25(29)19-10-7-12-21(16-19)32(30,31)27-24-15-5-4-14-23(24)26/h2-16,27H,17H2,1H3. The molecule has 0 saturated heterocycles. The van der Waals surface area contributed by atoms with E-state index in [1.807, 2.05) is 42.5 Å². The number of carbonyl (C=O) groups excluding carboxylic acids is 1. The molecular weight excluding hydrogens is 427 g/mol. The molecule has 162 valence electrons. The molecule has 4 aromatic rings. The van der Waals surface area contributed by atoms with Crippen LogP contribution in [0.15, 0.2) is 95.9 Å². The van der Waals surface area contributed by atoms with Gasteiger partial charge in [-0.3, -0.25) is 9.52 Å². The lowest BCUT2D eigenvalue weighted by Gasteiger charge is -2.19. The first-order chi connectivity index (χ1) is 15.3. The molecule has 0 radical (unpaired) electrons. The van der Waals surface area contributed by atoms with Gasteiger partial charge in [-0.1, -0.05) is 60.7 Å². The van der Waals surface area contributed by atoms with Gasteiger partial charge in [-0.2, -0.15) is 0 Å². The SMILES string of the molecule is CN(Cc1cccc2ccccc12)C(=O)c1cccc(S(=O)(=O)Nc2ccccc2F)c1. The highest BCUT2D eigenvalue weighted by atomic mass is 32.2. The summed E-state index contributed by atoms with van der Waals surface area (Å²) in [5, 5.41) is 2.14. The number of sulfonamides is 1. The van der Waals surface area contributed by atoms with E-state index in [1.165, 1.54) is 47.4 Å². The van der Waals surface area contributed by atoms with Gasteiger partial charge in [0.05, 0.1) is 10.6 Å². The lowest BCUT2D eigenvalue weighted by Crippen LogP contribution is -2.26. The maximum atomic E-state index is 13.9. The van der Waals surface area contributed by atoms with Crippen molar-refractivity contribution in [2.75, 3.05) is 11.8 Å². The number of amides is 1. The summed E-state index contributed by atoms with van der Waals surface area (Å²) in [6.07, 6.45) is 0. The van der Waals surface area contributed by atoms with E-state index in [0.717, 1.165) is 16.3 Å². The Labute approximate surface area is 186 Å². The van der Waals surface area contributed by atoms with Crippen molar-refractivity contribution in [2.45, 2.75) is 11.4 Å². The summed E-state index contributed by atoms with van der Waals surface area (Å²) >= 11 is 0. The molecule has 0 heterocycles. The fourth-order valence-corrected chi connectivity index (χ4v) is 4.63. The molecule has 0 aromatic heterocycles. The Morgan fingerprint density at radius 2 is 1.59 bits per heavy atom. The predicted molar refractivity (Wildman–Crippen MR) is 123 cm³/mol. The van der Waals surface area contributed by atoms with Crippen LogP contribution in [0.3, 0.4) is 0 Å². The molecule has 0 unspecified atom stereocenters. The van der Waals surface area contributed by atoms with Gasteiger partial charge in [0.1, 0.15) is 5.82 Å². The molecule has 32 heavy (non-hydrogen) atoms. The smallest absolute Gasteiger partial charge is 0.262 e. The predicted octanol–water partition coefficient (Wildman–Crippen LogP) is 5.05. The van der Waals surface area contributed by atoms with Crippen LogP contribution in [0, 0.1) is 5.82 Å². The Balaban J connectivity index is 1.57. The molecule has 0 bridgehead atoms. The number of hydrogen-bond donors (Lipinski definition) is 1. The van der Waals surface area contributed by atoms with Crippen LogP contribution >= 0.6 is 0 Å². The van der Waals surface area contributed by atoms with Crippen molar-refractivity contribution in [1.29, 1.82) is 0 Å². The molecule has 1 N–H and O–H groups in total. The number of fused-ring (bicyclic) bond motifs is 1. The first kappa shape index (κ1) is 21.5. The normalized spacial score (nSPS) is 11.3. The maximum absolute atomic E-state index is 13.9. The zero-order chi connectivity index (χ0) is 22.7. The summed E-state index contributed by atoms with van der Waals surface area (Å²) in [7, 11) is -2.40. The Bertz CT molecular complexity index is 1400. The van der Waals surface area contributed by atoms with Gasteiger partial charge in [-0.25, -0.2) is 12.8 Å². The van der Waals surface area contributed by atoms with Gasteiger partial charge in [-0.05, 0) is 46.7 Å². The molecule has 0 fully saturated rings. The Morgan fingerprint density at radius 1 is 0.906 bits per heavy atom. The molecule has 4 aromatic carbocycles. The summed E-state index contributed by atoms with van der Waals surface area (Å²) in [4.78, 5) is 14.4. The molecule has 0 aliphatic carbocycles. The minimum atomic E-state index is -4.07. The van der Waals surface area contributed by atoms with Gasteiger partial charge < -0.3 is 4.90 Å². The van der Waals surface area contributed by atoms with Gasteiger partial charge in [-0.15, -0.1) is 0 Å². The minimum absolute atomic E-state index is 0.120. The summed E-state index contributed by atoms with van der Waals surface area (Å²) in [5.41, 5.74) is 1.06. The second-order valence-corrected chi connectivity index (χ2v) is 9.10. The highest BCUT2D eigenvalue weighted by Gasteiger charge is 2.20. The molecule has 0 atom stereocenters. The second-order valence-electron chi connectivity index (χ2n) is 7.41. The van der Waals surface area contributed by atoms with Crippen LogP contribution < -0.4 is 4.72 Å². The maximum Gasteiger partial charge on any atom is 0.262 e. The Morgan fingerprint density at radius 3 is 2.41 bits per heavy atom. The molecule has 4 rings (SSSR count). The molecular formula is C25H21FN2O3S. The number of benzene rings is 4. The van der Waals surface area contributed by atoms with Gasteiger partial charge in [0.2, 0.25) is 0 Å². The van der Waals surface area contributed by atoms with Crippen molar-refractivity contribution >= 4 is 32.4 Å². The van der Waals surface area contributed by atoms with E-state index in [-0.39, 0.29) is 22.1 Å². The van der Waals surface area contributed by atoms with Crippen LogP contribution in [0.25, 0.3) is 10.8 Å². The molecule has 1 amide bonds. The summed E-state index contributed by atoms with van der Waals surface area (Å²) in [5.74, 6) is -1.00. The Kier molecular flexibility index (Phi) is 5.92. The average Bonchev–Trinajstić information content (AvgIpc) is 2.80. The third kappa shape index (κ3) is 4.48. The van der Waals surface area contributed by atoms with E-state index >= 15 is 0 Å². The largest absolute Gasteiger partial charge is 0.337 e. The van der Waals surface area contributed by atoms with Crippen LogP contribution in [0.2, 0.25) is 0 Å². The summed E-state index contributed by atoms with van der Waals surface area (Å²) < 4.78 is 41.6. The second kappa shape index (κ2) is 8.80. The zero-order valence-electron chi connectivity index (χ0n) is 17.3. The van der Waals surface area contributed by atoms with Crippen LogP contribution in [0.4, 0.5) is 10.1 Å². The number of nitrogens with zero attached hydrogens (tertiary/aromatic N) is 1. The number of para-hydroxylation sites is 1. The fourth-order valence-electron chi connectivity index (χ4n) is 3.52. The first-order valence-corrected chi connectivity index (χ1v) is 11.4. The van der Waals surface area contributed by atoms with E-state index in [9.17, 15) is 17.6 Å². The molecule has 7 heteroatoms. The van der Waals surface area contributed by atoms with E-state index in [2.05, 4.69) is 4.72 Å². The van der Waals surface area contributed by atoms with Gasteiger partial charge in [0, 0.05) is 19.2 Å². The van der Waals surface area contributed by atoms with E-state index < -0.39 is 15.8 Å². The zero-order valence-corrected chi connectivity index (χ0v) is 18.1. The molecule has 0 saturated carbocycles. The van der Waals surface area contributed by atoms with Crippen molar-refractivity contribution in [3.8, 4) is 0 Å². The van der Waals surface area contributed by atoms with Crippen molar-refractivity contribution in [2.24, 2.45) is 0 Å². The van der Waals surface area contributed by atoms with Crippen LogP contribution in [-0.2, 0) is 16.6 Å². The molecule has 0 aliphatic heterocycles. The highest BCUT2D eigenvalue weighted by Crippen LogP contribution is 2.22. The summed E-state index contributed by atoms with van der Waals surface area (Å²) in [6.45, 7) is 0.366. The fraction of sp³-hybridized carbons (Fsp3) is 0.0800. The van der Waals surface area contributed by atoms with Crippen LogP contribution in [0.1, 0.15) is 15.9 Å². The monoisotopic (exact) mass is 448 g/mol. The summed E-state index contributed by atoms with van der Waals surface area (Å²) in [6, 6.07) is 25.1. The number of carbonyl (C=O) groups is 1. The number of halogens is 1. The number of anilines is 1. The molecule has 5 nitrogen and oxygen atoms in total.